The number of sulfonamides is 1. The zero-order chi connectivity index (χ0) is 16.5. The molecule has 8 heteroatoms. The van der Waals surface area contributed by atoms with E-state index in [4.69, 9.17) is 11.5 Å². The molecule has 0 radical (unpaired) electrons. The van der Waals surface area contributed by atoms with E-state index in [-0.39, 0.29) is 16.5 Å². The minimum absolute atomic E-state index is 0.0668. The van der Waals surface area contributed by atoms with Gasteiger partial charge in [-0.1, -0.05) is 15.9 Å². The molecule has 6 nitrogen and oxygen atoms in total. The average molecular weight is 390 g/mol. The van der Waals surface area contributed by atoms with Gasteiger partial charge in [-0.05, 0) is 43.9 Å². The molecule has 1 amide bonds. The van der Waals surface area contributed by atoms with Crippen LogP contribution in [0.3, 0.4) is 0 Å². The Kier molecular flexibility index (Phi) is 5.26. The maximum absolute atomic E-state index is 12.7. The first-order chi connectivity index (χ1) is 10.2. The molecule has 1 heterocycles. The van der Waals surface area contributed by atoms with Gasteiger partial charge in [-0.3, -0.25) is 4.79 Å². The lowest BCUT2D eigenvalue weighted by atomic mass is 9.92. The molecule has 2 rings (SSSR count). The quantitative estimate of drug-likeness (QED) is 0.808. The van der Waals surface area contributed by atoms with E-state index in [1.807, 2.05) is 6.92 Å². The van der Waals surface area contributed by atoms with Gasteiger partial charge in [0.25, 0.3) is 0 Å². The number of nitrogens with two attached hydrogens (primary N) is 2. The van der Waals surface area contributed by atoms with E-state index in [9.17, 15) is 13.2 Å². The van der Waals surface area contributed by atoms with E-state index in [0.29, 0.717) is 23.5 Å². The zero-order valence-corrected chi connectivity index (χ0v) is 14.7. The molecule has 1 fully saturated rings. The summed E-state index contributed by atoms with van der Waals surface area (Å²) in [5, 5.41) is 0. The van der Waals surface area contributed by atoms with Gasteiger partial charge in [-0.15, -0.1) is 0 Å². The van der Waals surface area contributed by atoms with Gasteiger partial charge in [0, 0.05) is 29.2 Å². The Morgan fingerprint density at radius 3 is 2.41 bits per heavy atom. The number of carbonyl (C=O) groups excluding carboxylic acids is 1. The summed E-state index contributed by atoms with van der Waals surface area (Å²) in [7, 11) is -3.63. The third-order valence-electron chi connectivity index (χ3n) is 4.04. The topological polar surface area (TPSA) is 106 Å². The predicted octanol–water partition coefficient (Wildman–Crippen LogP) is 1.30. The summed E-state index contributed by atoms with van der Waals surface area (Å²) in [6.07, 6.45) is 1.49. The number of halogens is 1. The van der Waals surface area contributed by atoms with Gasteiger partial charge in [-0.2, -0.15) is 4.31 Å². The van der Waals surface area contributed by atoms with Crippen LogP contribution in [-0.2, 0) is 10.0 Å². The Bertz CT molecular complexity index is 668. The minimum Gasteiger partial charge on any atom is -0.366 e. The van der Waals surface area contributed by atoms with E-state index >= 15 is 0 Å². The second-order valence-electron chi connectivity index (χ2n) is 5.64. The van der Waals surface area contributed by atoms with Crippen molar-refractivity contribution in [1.29, 1.82) is 0 Å². The van der Waals surface area contributed by atoms with Crippen LogP contribution >= 0.6 is 15.9 Å². The van der Waals surface area contributed by atoms with E-state index in [1.54, 1.807) is 0 Å². The normalized spacial score (nSPS) is 19.0. The number of benzene rings is 1. The number of primary amides is 1. The second-order valence-corrected chi connectivity index (χ2v) is 8.49. The summed E-state index contributed by atoms with van der Waals surface area (Å²) in [4.78, 5) is 11.4. The Balaban J connectivity index is 2.26. The first-order valence-electron chi connectivity index (χ1n) is 7.08. The molecule has 22 heavy (non-hydrogen) atoms. The van der Waals surface area contributed by atoms with Crippen molar-refractivity contribution in [3.8, 4) is 0 Å². The molecule has 1 unspecified atom stereocenters. The number of amides is 1. The molecular formula is C14H20BrN3O3S. The second kappa shape index (κ2) is 6.66. The van der Waals surface area contributed by atoms with E-state index < -0.39 is 15.9 Å². The number of rotatable bonds is 4. The van der Waals surface area contributed by atoms with Crippen LogP contribution in [0.15, 0.2) is 27.6 Å². The third kappa shape index (κ3) is 3.68. The van der Waals surface area contributed by atoms with Gasteiger partial charge in [-0.25, -0.2) is 8.42 Å². The standard InChI is InChI=1S/C14H20BrN3O3S/c1-9(16)10-2-4-18(5-3-10)22(20,21)13-7-11(14(17)19)6-12(15)8-13/h6-10H,2-5,16H2,1H3,(H2,17,19). The number of nitrogens with zero attached hydrogens (tertiary/aromatic N) is 1. The van der Waals surface area contributed by atoms with Crippen molar-refractivity contribution in [3.05, 3.63) is 28.2 Å². The Hall–Kier alpha value is -0.960. The van der Waals surface area contributed by atoms with Crippen LogP contribution in [-0.4, -0.2) is 37.8 Å². The van der Waals surface area contributed by atoms with Crippen molar-refractivity contribution in [2.75, 3.05) is 13.1 Å². The van der Waals surface area contributed by atoms with Crippen molar-refractivity contribution in [2.45, 2.75) is 30.7 Å². The Labute approximate surface area is 139 Å². The lowest BCUT2D eigenvalue weighted by Crippen LogP contribution is -2.42. The summed E-state index contributed by atoms with van der Waals surface area (Å²) >= 11 is 3.22. The number of hydrogen-bond donors (Lipinski definition) is 2. The van der Waals surface area contributed by atoms with Gasteiger partial charge in [0.05, 0.1) is 4.90 Å². The van der Waals surface area contributed by atoms with Crippen molar-refractivity contribution in [1.82, 2.24) is 4.31 Å². The molecule has 0 spiro atoms. The highest BCUT2D eigenvalue weighted by molar-refractivity contribution is 9.10. The molecule has 0 aromatic heterocycles. The molecule has 1 aromatic rings. The van der Waals surface area contributed by atoms with Crippen LogP contribution in [0.4, 0.5) is 0 Å². The molecule has 1 aromatic carbocycles. The van der Waals surface area contributed by atoms with Crippen molar-refractivity contribution >= 4 is 31.9 Å². The van der Waals surface area contributed by atoms with Crippen molar-refractivity contribution < 1.29 is 13.2 Å². The summed E-state index contributed by atoms with van der Waals surface area (Å²) in [5.74, 6) is -0.316. The molecule has 1 aliphatic rings. The first-order valence-corrected chi connectivity index (χ1v) is 9.31. The lowest BCUT2D eigenvalue weighted by molar-refractivity contribution is 0.1000. The predicted molar refractivity (Wildman–Crippen MR) is 87.8 cm³/mol. The van der Waals surface area contributed by atoms with E-state index in [2.05, 4.69) is 15.9 Å². The van der Waals surface area contributed by atoms with Gasteiger partial charge >= 0.3 is 0 Å². The average Bonchev–Trinajstić information content (AvgIpc) is 2.46. The fraction of sp³-hybridized carbons (Fsp3) is 0.500. The van der Waals surface area contributed by atoms with Gasteiger partial charge in [0.1, 0.15) is 0 Å². The van der Waals surface area contributed by atoms with Crippen LogP contribution in [0, 0.1) is 5.92 Å². The highest BCUT2D eigenvalue weighted by Gasteiger charge is 2.31. The molecule has 1 atom stereocenters. The molecule has 1 saturated heterocycles. The van der Waals surface area contributed by atoms with Crippen LogP contribution < -0.4 is 11.5 Å². The number of hydrogen-bond acceptors (Lipinski definition) is 4. The lowest BCUT2D eigenvalue weighted by Gasteiger charge is -2.33. The fourth-order valence-electron chi connectivity index (χ4n) is 2.64. The maximum atomic E-state index is 12.7. The van der Waals surface area contributed by atoms with Crippen LogP contribution in [0.2, 0.25) is 0 Å². The highest BCUT2D eigenvalue weighted by Crippen LogP contribution is 2.27. The van der Waals surface area contributed by atoms with E-state index in [0.717, 1.165) is 12.8 Å². The summed E-state index contributed by atoms with van der Waals surface area (Å²) in [6.45, 7) is 2.82. The monoisotopic (exact) mass is 389 g/mol. The molecule has 4 N–H and O–H groups in total. The molecule has 0 bridgehead atoms. The van der Waals surface area contributed by atoms with Gasteiger partial charge in [0.15, 0.2) is 0 Å². The summed E-state index contributed by atoms with van der Waals surface area (Å²) < 4.78 is 27.4. The smallest absolute Gasteiger partial charge is 0.248 e. The minimum atomic E-state index is -3.63. The molecule has 0 aliphatic carbocycles. The van der Waals surface area contributed by atoms with Crippen LogP contribution in [0.5, 0.6) is 0 Å². The zero-order valence-electron chi connectivity index (χ0n) is 12.3. The van der Waals surface area contributed by atoms with Crippen LogP contribution in [0.25, 0.3) is 0 Å². The number of carbonyl (C=O) groups is 1. The number of piperidine rings is 1. The van der Waals surface area contributed by atoms with Crippen molar-refractivity contribution in [3.63, 3.8) is 0 Å². The SMILES string of the molecule is CC(N)C1CCN(S(=O)(=O)c2cc(Br)cc(C(N)=O)c2)CC1. The maximum Gasteiger partial charge on any atom is 0.248 e. The molecular weight excluding hydrogens is 370 g/mol. The van der Waals surface area contributed by atoms with E-state index in [1.165, 1.54) is 22.5 Å². The van der Waals surface area contributed by atoms with Crippen molar-refractivity contribution in [2.24, 2.45) is 17.4 Å². The fourth-order valence-corrected chi connectivity index (χ4v) is 4.83. The summed E-state index contributed by atoms with van der Waals surface area (Å²) in [6, 6.07) is 4.38. The summed E-state index contributed by atoms with van der Waals surface area (Å²) in [5.41, 5.74) is 11.3. The van der Waals surface area contributed by atoms with Gasteiger partial charge < -0.3 is 11.5 Å². The Morgan fingerprint density at radius 2 is 1.91 bits per heavy atom. The molecule has 0 saturated carbocycles. The highest BCUT2D eigenvalue weighted by atomic mass is 79.9. The Morgan fingerprint density at radius 1 is 1.32 bits per heavy atom. The van der Waals surface area contributed by atoms with Gasteiger partial charge in [0.2, 0.25) is 15.9 Å². The largest absolute Gasteiger partial charge is 0.366 e. The van der Waals surface area contributed by atoms with Crippen LogP contribution in [0.1, 0.15) is 30.1 Å². The molecule has 122 valence electrons. The third-order valence-corrected chi connectivity index (χ3v) is 6.37. The molecule has 1 aliphatic heterocycles. The first kappa shape index (κ1) is 17.4.